The van der Waals surface area contributed by atoms with Crippen molar-refractivity contribution in [2.24, 2.45) is 11.5 Å². The lowest BCUT2D eigenvalue weighted by Gasteiger charge is -2.25. The summed E-state index contributed by atoms with van der Waals surface area (Å²) >= 11 is 0. The smallest absolute Gasteiger partial charge is 0.326 e. The quantitative estimate of drug-likeness (QED) is 0.0795. The van der Waals surface area contributed by atoms with Crippen molar-refractivity contribution in [2.45, 2.75) is 62.7 Å². The Morgan fingerprint density at radius 1 is 0.702 bits per heavy atom. The lowest BCUT2D eigenvalue weighted by Crippen LogP contribution is -2.58. The second kappa shape index (κ2) is 16.9. The average Bonchev–Trinajstić information content (AvgIpc) is 3.47. The largest absolute Gasteiger partial charge is 0.508 e. The number of aromatic nitrogens is 1. The van der Waals surface area contributed by atoms with Crippen LogP contribution in [0.15, 0.2) is 85.1 Å². The van der Waals surface area contributed by atoms with Gasteiger partial charge in [-0.2, -0.15) is 0 Å². The Kier molecular flexibility index (Phi) is 12.5. The third kappa shape index (κ3) is 10.1. The van der Waals surface area contributed by atoms with Gasteiger partial charge in [-0.25, -0.2) is 4.79 Å². The normalized spacial score (nSPS) is 13.7. The topological polar surface area (TPSA) is 213 Å². The van der Waals surface area contributed by atoms with Crippen molar-refractivity contribution < 1.29 is 29.4 Å². The summed E-state index contributed by atoms with van der Waals surface area (Å²) in [6.45, 7) is 0.477. The summed E-state index contributed by atoms with van der Waals surface area (Å²) in [5.41, 5.74) is 14.6. The maximum absolute atomic E-state index is 13.9. The number of aromatic hydroxyl groups is 1. The molecule has 0 bridgehead atoms. The number of carboxylic acid groups (broad SMARTS) is 1. The Morgan fingerprint density at radius 2 is 1.28 bits per heavy atom. The Morgan fingerprint density at radius 3 is 1.96 bits per heavy atom. The summed E-state index contributed by atoms with van der Waals surface area (Å²) in [5, 5.41) is 28.5. The molecule has 0 saturated heterocycles. The van der Waals surface area contributed by atoms with Crippen LogP contribution in [-0.4, -0.2) is 69.6 Å². The molecule has 1 heterocycles. The first kappa shape index (κ1) is 34.7. The van der Waals surface area contributed by atoms with Crippen LogP contribution in [0.25, 0.3) is 10.9 Å². The lowest BCUT2D eigenvalue weighted by molar-refractivity contribution is -0.142. The number of phenols is 1. The summed E-state index contributed by atoms with van der Waals surface area (Å²) in [7, 11) is 0. The number of carbonyl (C=O) groups excluding carboxylic acids is 3. The van der Waals surface area contributed by atoms with Gasteiger partial charge in [0, 0.05) is 36.4 Å². The molecular formula is C35H42N6O6. The monoisotopic (exact) mass is 642 g/mol. The van der Waals surface area contributed by atoms with Gasteiger partial charge in [0.1, 0.15) is 23.9 Å². The summed E-state index contributed by atoms with van der Waals surface area (Å²) in [5.74, 6) is -3.07. The van der Waals surface area contributed by atoms with E-state index in [0.29, 0.717) is 31.4 Å². The minimum atomic E-state index is -1.32. The predicted octanol–water partition coefficient (Wildman–Crippen LogP) is 1.90. The number of rotatable bonds is 17. The number of aromatic amines is 1. The second-order valence-electron chi connectivity index (χ2n) is 11.5. The van der Waals surface area contributed by atoms with Gasteiger partial charge in [-0.05, 0) is 54.3 Å². The number of carbonyl (C=O) groups is 4. The van der Waals surface area contributed by atoms with Gasteiger partial charge in [0.2, 0.25) is 17.7 Å². The number of hydrogen-bond acceptors (Lipinski definition) is 7. The summed E-state index contributed by atoms with van der Waals surface area (Å²) in [4.78, 5) is 56.1. The molecule has 248 valence electrons. The fraction of sp³-hybridized carbons (Fsp3) is 0.314. The van der Waals surface area contributed by atoms with E-state index in [1.165, 1.54) is 12.1 Å². The number of carboxylic acids is 1. The van der Waals surface area contributed by atoms with E-state index in [4.69, 9.17) is 11.5 Å². The maximum atomic E-state index is 13.9. The highest BCUT2D eigenvalue weighted by Crippen LogP contribution is 2.20. The van der Waals surface area contributed by atoms with Gasteiger partial charge in [-0.15, -0.1) is 0 Å². The summed E-state index contributed by atoms with van der Waals surface area (Å²) in [6.07, 6.45) is 3.62. The third-order valence-corrected chi connectivity index (χ3v) is 7.94. The number of phenolic OH excluding ortho intramolecular Hbond substituents is 1. The molecule has 3 aromatic carbocycles. The number of nitrogens with two attached hydrogens (primary N) is 2. The van der Waals surface area contributed by atoms with Crippen LogP contribution >= 0.6 is 0 Å². The van der Waals surface area contributed by atoms with E-state index in [1.54, 1.807) is 18.3 Å². The number of fused-ring (bicyclic) bond motifs is 1. The molecule has 0 aliphatic heterocycles. The average molecular weight is 643 g/mol. The van der Waals surface area contributed by atoms with Crippen molar-refractivity contribution in [1.82, 2.24) is 20.9 Å². The van der Waals surface area contributed by atoms with Crippen LogP contribution in [0.1, 0.15) is 36.0 Å². The highest BCUT2D eigenvalue weighted by molar-refractivity contribution is 5.95. The van der Waals surface area contributed by atoms with Crippen molar-refractivity contribution >= 4 is 34.6 Å². The van der Waals surface area contributed by atoms with Gasteiger partial charge < -0.3 is 42.6 Å². The highest BCUT2D eigenvalue weighted by atomic mass is 16.4. The van der Waals surface area contributed by atoms with Crippen molar-refractivity contribution in [3.8, 4) is 5.75 Å². The Hall–Kier alpha value is -5.20. The number of unbranched alkanes of at least 4 members (excludes halogenated alkanes) is 1. The Bertz CT molecular complexity index is 1640. The van der Waals surface area contributed by atoms with Crippen molar-refractivity contribution in [3.05, 3.63) is 102 Å². The van der Waals surface area contributed by atoms with Gasteiger partial charge >= 0.3 is 5.97 Å². The molecule has 0 spiro atoms. The fourth-order valence-corrected chi connectivity index (χ4v) is 5.32. The van der Waals surface area contributed by atoms with Crippen LogP contribution in [0.2, 0.25) is 0 Å². The van der Waals surface area contributed by atoms with Gasteiger partial charge in [0.25, 0.3) is 0 Å². The van der Waals surface area contributed by atoms with Crippen LogP contribution in [0, 0.1) is 0 Å². The first-order chi connectivity index (χ1) is 22.6. The molecule has 4 atom stereocenters. The molecule has 0 aliphatic rings. The van der Waals surface area contributed by atoms with E-state index >= 15 is 0 Å². The van der Waals surface area contributed by atoms with Crippen molar-refractivity contribution in [2.75, 3.05) is 6.54 Å². The molecule has 3 amide bonds. The summed E-state index contributed by atoms with van der Waals surface area (Å²) in [6, 6.07) is 18.2. The SMILES string of the molecule is NCCCCC(N)C(=O)NC(Cc1ccccc1)C(=O)NC(Cc1c[nH]c2ccccc12)C(=O)NC(Cc1ccc(O)cc1)C(=O)O. The number of amides is 3. The molecule has 12 nitrogen and oxygen atoms in total. The number of para-hydroxylation sites is 1. The van der Waals surface area contributed by atoms with Gasteiger partial charge in [-0.1, -0.05) is 67.1 Å². The van der Waals surface area contributed by atoms with Crippen LogP contribution in [0.3, 0.4) is 0 Å². The number of aliphatic carboxylic acids is 1. The van der Waals surface area contributed by atoms with E-state index in [9.17, 15) is 29.4 Å². The molecule has 1 aromatic heterocycles. The molecule has 0 fully saturated rings. The highest BCUT2D eigenvalue weighted by Gasteiger charge is 2.31. The predicted molar refractivity (Wildman–Crippen MR) is 178 cm³/mol. The molecular weight excluding hydrogens is 600 g/mol. The standard InChI is InChI=1S/C35H42N6O6/c36-17-7-6-11-27(37)32(43)39-29(18-22-8-2-1-3-9-22)33(44)40-30(20-24-21-38-28-12-5-4-10-26(24)28)34(45)41-31(35(46)47)19-23-13-15-25(42)16-14-23/h1-5,8-10,12-16,21,27,29-31,38,42H,6-7,11,17-20,36-37H2,(H,39,43)(H,40,44)(H,41,45)(H,46,47). The number of hydrogen-bond donors (Lipinski definition) is 8. The second-order valence-corrected chi connectivity index (χ2v) is 11.5. The zero-order valence-electron chi connectivity index (χ0n) is 26.0. The fourth-order valence-electron chi connectivity index (χ4n) is 5.32. The molecule has 12 heteroatoms. The number of H-pyrrole nitrogens is 1. The van der Waals surface area contributed by atoms with Crippen LogP contribution in [-0.2, 0) is 38.4 Å². The van der Waals surface area contributed by atoms with Crippen LogP contribution in [0.4, 0.5) is 0 Å². The summed E-state index contributed by atoms with van der Waals surface area (Å²) < 4.78 is 0. The first-order valence-corrected chi connectivity index (χ1v) is 15.6. The van der Waals surface area contributed by atoms with E-state index in [-0.39, 0.29) is 25.0 Å². The molecule has 0 saturated carbocycles. The molecule has 47 heavy (non-hydrogen) atoms. The molecule has 0 radical (unpaired) electrons. The Labute approximate surface area is 272 Å². The molecule has 0 aliphatic carbocycles. The zero-order chi connectivity index (χ0) is 33.8. The van der Waals surface area contributed by atoms with Crippen LogP contribution in [0.5, 0.6) is 5.75 Å². The number of benzene rings is 3. The molecule has 4 unspecified atom stereocenters. The van der Waals surface area contributed by atoms with E-state index < -0.39 is 47.9 Å². The maximum Gasteiger partial charge on any atom is 0.326 e. The van der Waals surface area contributed by atoms with E-state index in [1.807, 2.05) is 54.6 Å². The minimum Gasteiger partial charge on any atom is -0.508 e. The van der Waals surface area contributed by atoms with Gasteiger partial charge in [-0.3, -0.25) is 14.4 Å². The lowest BCUT2D eigenvalue weighted by atomic mass is 10.0. The number of nitrogens with one attached hydrogen (secondary N) is 4. The van der Waals surface area contributed by atoms with E-state index in [2.05, 4.69) is 20.9 Å². The molecule has 10 N–H and O–H groups in total. The minimum absolute atomic E-state index is 0.0276. The van der Waals surface area contributed by atoms with Crippen molar-refractivity contribution in [1.29, 1.82) is 0 Å². The third-order valence-electron chi connectivity index (χ3n) is 7.94. The Balaban J connectivity index is 1.58. The van der Waals surface area contributed by atoms with Crippen molar-refractivity contribution in [3.63, 3.8) is 0 Å². The van der Waals surface area contributed by atoms with Crippen LogP contribution < -0.4 is 27.4 Å². The first-order valence-electron chi connectivity index (χ1n) is 15.6. The van der Waals surface area contributed by atoms with Gasteiger partial charge in [0.05, 0.1) is 6.04 Å². The van der Waals surface area contributed by atoms with Gasteiger partial charge in [0.15, 0.2) is 0 Å². The molecule has 4 rings (SSSR count). The van der Waals surface area contributed by atoms with E-state index in [0.717, 1.165) is 22.0 Å². The molecule has 4 aromatic rings. The zero-order valence-corrected chi connectivity index (χ0v) is 26.0.